The van der Waals surface area contributed by atoms with Gasteiger partial charge in [-0.1, -0.05) is 6.07 Å². The lowest BCUT2D eigenvalue weighted by atomic mass is 10.3. The average molecular weight is 274 g/mol. The Balaban J connectivity index is 2.38. The number of para-hydroxylation sites is 1. The third kappa shape index (κ3) is 2.47. The van der Waals surface area contributed by atoms with Gasteiger partial charge in [0.1, 0.15) is 10.7 Å². The molecular weight excluding hydrogens is 259 g/mol. The molecule has 2 N–H and O–H groups in total. The average Bonchev–Trinajstić information content (AvgIpc) is 2.61. The number of hydrogen-bond donors (Lipinski definition) is 1. The summed E-state index contributed by atoms with van der Waals surface area (Å²) in [6.07, 6.45) is 0.619. The van der Waals surface area contributed by atoms with Crippen LogP contribution < -0.4 is 5.73 Å². The van der Waals surface area contributed by atoms with Gasteiger partial charge in [-0.2, -0.15) is 4.31 Å². The van der Waals surface area contributed by atoms with Gasteiger partial charge in [-0.15, -0.1) is 0 Å². The normalized spacial score (nSPS) is 18.5. The number of nitrogens with zero attached hydrogens (tertiary/aromatic N) is 1. The molecule has 1 aromatic carbocycles. The smallest absolute Gasteiger partial charge is 0.245 e. The number of nitrogens with two attached hydrogens (primary N) is 1. The number of nitrogen functional groups attached to an aromatic ring is 1. The lowest BCUT2D eigenvalue weighted by molar-refractivity contribution is 0.148. The van der Waals surface area contributed by atoms with Crippen LogP contribution in [0.3, 0.4) is 0 Å². The molecule has 0 unspecified atom stereocenters. The summed E-state index contributed by atoms with van der Waals surface area (Å²) in [5.74, 6) is -0.720. The maximum atomic E-state index is 13.3. The number of sulfonamides is 1. The van der Waals surface area contributed by atoms with E-state index in [0.717, 1.165) is 6.07 Å². The van der Waals surface area contributed by atoms with Crippen molar-refractivity contribution >= 4 is 15.7 Å². The van der Waals surface area contributed by atoms with Gasteiger partial charge in [0.05, 0.1) is 12.3 Å². The molecular formula is C11H15FN2O3S. The molecule has 0 aliphatic carbocycles. The van der Waals surface area contributed by atoms with Gasteiger partial charge in [0.15, 0.2) is 0 Å². The second-order valence-corrected chi connectivity index (χ2v) is 5.93. The van der Waals surface area contributed by atoms with Crippen LogP contribution in [-0.2, 0) is 14.8 Å². The third-order valence-corrected chi connectivity index (χ3v) is 4.77. The summed E-state index contributed by atoms with van der Waals surface area (Å²) in [6.45, 7) is 1.50. The van der Waals surface area contributed by atoms with Crippen LogP contribution in [0.1, 0.15) is 6.42 Å². The molecule has 0 bridgehead atoms. The van der Waals surface area contributed by atoms with E-state index >= 15 is 0 Å². The number of rotatable bonds is 2. The van der Waals surface area contributed by atoms with E-state index in [1.165, 1.54) is 16.4 Å². The molecule has 0 radical (unpaired) electrons. The summed E-state index contributed by atoms with van der Waals surface area (Å²) in [7, 11) is -3.75. The maximum Gasteiger partial charge on any atom is 0.245 e. The van der Waals surface area contributed by atoms with Crippen molar-refractivity contribution in [2.75, 3.05) is 32.0 Å². The van der Waals surface area contributed by atoms with Crippen molar-refractivity contribution in [2.45, 2.75) is 11.3 Å². The van der Waals surface area contributed by atoms with Gasteiger partial charge in [0, 0.05) is 19.7 Å². The minimum absolute atomic E-state index is 0.176. The lowest BCUT2D eigenvalue weighted by Crippen LogP contribution is -2.33. The lowest BCUT2D eigenvalue weighted by Gasteiger charge is -2.20. The Bertz CT molecular complexity index is 525. The molecule has 18 heavy (non-hydrogen) atoms. The molecule has 0 aromatic heterocycles. The molecule has 2 rings (SSSR count). The Morgan fingerprint density at radius 1 is 1.28 bits per heavy atom. The zero-order valence-electron chi connectivity index (χ0n) is 9.80. The Morgan fingerprint density at radius 2 is 2.06 bits per heavy atom. The van der Waals surface area contributed by atoms with Gasteiger partial charge in [-0.3, -0.25) is 0 Å². The van der Waals surface area contributed by atoms with E-state index in [-0.39, 0.29) is 17.1 Å². The molecule has 0 atom stereocenters. The summed E-state index contributed by atoms with van der Waals surface area (Å²) in [5.41, 5.74) is 5.17. The van der Waals surface area contributed by atoms with Crippen LogP contribution in [0, 0.1) is 5.82 Å². The van der Waals surface area contributed by atoms with Gasteiger partial charge in [-0.25, -0.2) is 12.8 Å². The Kier molecular flexibility index (Phi) is 3.84. The highest BCUT2D eigenvalue weighted by Gasteiger charge is 2.28. The summed E-state index contributed by atoms with van der Waals surface area (Å²) in [6, 6.07) is 3.80. The first kappa shape index (κ1) is 13.3. The highest BCUT2D eigenvalue weighted by molar-refractivity contribution is 7.89. The van der Waals surface area contributed by atoms with Crippen molar-refractivity contribution in [3.8, 4) is 0 Å². The van der Waals surface area contributed by atoms with E-state index in [1.54, 1.807) is 0 Å². The fourth-order valence-electron chi connectivity index (χ4n) is 1.84. The molecule has 5 nitrogen and oxygen atoms in total. The van der Waals surface area contributed by atoms with E-state index in [4.69, 9.17) is 10.5 Å². The predicted octanol–water partition coefficient (Wildman–Crippen LogP) is 0.819. The second kappa shape index (κ2) is 5.21. The van der Waals surface area contributed by atoms with Crippen molar-refractivity contribution in [1.29, 1.82) is 0 Å². The molecule has 1 saturated heterocycles. The first-order valence-corrected chi connectivity index (χ1v) is 7.09. The topological polar surface area (TPSA) is 72.6 Å². The van der Waals surface area contributed by atoms with Crippen LogP contribution in [0.5, 0.6) is 0 Å². The van der Waals surface area contributed by atoms with Crippen molar-refractivity contribution in [1.82, 2.24) is 4.31 Å². The monoisotopic (exact) mass is 274 g/mol. The van der Waals surface area contributed by atoms with Gasteiger partial charge < -0.3 is 10.5 Å². The number of halogens is 1. The summed E-state index contributed by atoms with van der Waals surface area (Å²) in [4.78, 5) is -0.176. The fourth-order valence-corrected chi connectivity index (χ4v) is 3.43. The van der Waals surface area contributed by atoms with Crippen LogP contribution in [-0.4, -0.2) is 39.0 Å². The van der Waals surface area contributed by atoms with E-state index in [0.29, 0.717) is 26.2 Å². The Hall–Kier alpha value is -1.18. The zero-order chi connectivity index (χ0) is 13.2. The van der Waals surface area contributed by atoms with Crippen LogP contribution in [0.15, 0.2) is 23.1 Å². The molecule has 0 saturated carbocycles. The van der Waals surface area contributed by atoms with E-state index < -0.39 is 15.8 Å². The van der Waals surface area contributed by atoms with Crippen molar-refractivity contribution in [2.24, 2.45) is 0 Å². The fraction of sp³-hybridized carbons (Fsp3) is 0.455. The van der Waals surface area contributed by atoms with Gasteiger partial charge >= 0.3 is 0 Å². The standard InChI is InChI=1S/C11H15FN2O3S/c12-9-3-1-4-10(11(9)13)18(15,16)14-5-2-7-17-8-6-14/h1,3-4H,2,5-8,13H2. The zero-order valence-corrected chi connectivity index (χ0v) is 10.6. The first-order chi connectivity index (χ1) is 8.53. The van der Waals surface area contributed by atoms with E-state index in [1.807, 2.05) is 0 Å². The number of anilines is 1. The predicted molar refractivity (Wildman–Crippen MR) is 65.0 cm³/mol. The maximum absolute atomic E-state index is 13.3. The van der Waals surface area contributed by atoms with Crippen LogP contribution in [0.25, 0.3) is 0 Å². The quantitative estimate of drug-likeness (QED) is 0.810. The minimum Gasteiger partial charge on any atom is -0.395 e. The van der Waals surface area contributed by atoms with Crippen molar-refractivity contribution in [3.05, 3.63) is 24.0 Å². The SMILES string of the molecule is Nc1c(F)cccc1S(=O)(=O)N1CCCOCC1. The molecule has 1 fully saturated rings. The summed E-state index contributed by atoms with van der Waals surface area (Å²) < 4.78 is 44.5. The van der Waals surface area contributed by atoms with Crippen LogP contribution in [0.2, 0.25) is 0 Å². The van der Waals surface area contributed by atoms with Crippen molar-refractivity contribution in [3.63, 3.8) is 0 Å². The van der Waals surface area contributed by atoms with Gasteiger partial charge in [0.2, 0.25) is 10.0 Å². The second-order valence-electron chi connectivity index (χ2n) is 4.02. The third-order valence-electron chi connectivity index (χ3n) is 2.81. The van der Waals surface area contributed by atoms with Gasteiger partial charge in [0.25, 0.3) is 0 Å². The molecule has 7 heteroatoms. The number of ether oxygens (including phenoxy) is 1. The van der Waals surface area contributed by atoms with E-state index in [2.05, 4.69) is 0 Å². The number of benzene rings is 1. The number of hydrogen-bond acceptors (Lipinski definition) is 4. The van der Waals surface area contributed by atoms with Crippen molar-refractivity contribution < 1.29 is 17.5 Å². The molecule has 1 aromatic rings. The molecule has 1 aliphatic heterocycles. The highest BCUT2D eigenvalue weighted by Crippen LogP contribution is 2.25. The summed E-state index contributed by atoms with van der Waals surface area (Å²) in [5, 5.41) is 0. The van der Waals surface area contributed by atoms with Gasteiger partial charge in [-0.05, 0) is 18.6 Å². The van der Waals surface area contributed by atoms with E-state index in [9.17, 15) is 12.8 Å². The first-order valence-electron chi connectivity index (χ1n) is 5.65. The molecule has 100 valence electrons. The molecule has 0 spiro atoms. The highest BCUT2D eigenvalue weighted by atomic mass is 32.2. The summed E-state index contributed by atoms with van der Waals surface area (Å²) >= 11 is 0. The largest absolute Gasteiger partial charge is 0.395 e. The van der Waals surface area contributed by atoms with Crippen LogP contribution in [0.4, 0.5) is 10.1 Å². The molecule has 0 amide bonds. The van der Waals surface area contributed by atoms with Crippen LogP contribution >= 0.6 is 0 Å². The Labute approximate surface area is 105 Å². The Morgan fingerprint density at radius 3 is 2.83 bits per heavy atom. The minimum atomic E-state index is -3.75. The molecule has 1 aliphatic rings. The molecule has 1 heterocycles.